The molecule has 1 aromatic heterocycles. The third-order valence-corrected chi connectivity index (χ3v) is 5.64. The van der Waals surface area contributed by atoms with Gasteiger partial charge in [0, 0.05) is 11.3 Å². The first kappa shape index (κ1) is 18.8. The van der Waals surface area contributed by atoms with Crippen molar-refractivity contribution >= 4 is 15.7 Å². The molecule has 0 bridgehead atoms. The van der Waals surface area contributed by atoms with Crippen LogP contribution in [0.25, 0.3) is 11.3 Å². The highest BCUT2D eigenvalue weighted by molar-refractivity contribution is 7.92. The zero-order chi connectivity index (χ0) is 20.1. The average Bonchev–Trinajstić information content (AvgIpc) is 3.16. The van der Waals surface area contributed by atoms with E-state index >= 15 is 0 Å². The highest BCUT2D eigenvalue weighted by Gasteiger charge is 2.18. The second kappa shape index (κ2) is 8.20. The molecule has 0 radical (unpaired) electrons. The number of nitrogens with zero attached hydrogens (tertiary/aromatic N) is 2. The predicted molar refractivity (Wildman–Crippen MR) is 114 cm³/mol. The maximum atomic E-state index is 12.8. The summed E-state index contributed by atoms with van der Waals surface area (Å²) in [5.74, 6) is 0. The van der Waals surface area contributed by atoms with Gasteiger partial charge in [0.05, 0.1) is 22.8 Å². The summed E-state index contributed by atoms with van der Waals surface area (Å²) in [5.41, 5.74) is 3.20. The van der Waals surface area contributed by atoms with E-state index in [2.05, 4.69) is 15.2 Å². The standard InChI is InChI=1S/C22H20N4O2S/c27-29(28,21-14-8-3-9-15-21)25-26-22(18-10-4-1-5-11-18)16-20(24-26)17-23-19-12-6-2-7-13-19/h1-16,23,25H,17H2. The number of nitrogens with one attached hydrogen (secondary N) is 2. The lowest BCUT2D eigenvalue weighted by Crippen LogP contribution is -2.25. The lowest BCUT2D eigenvalue weighted by molar-refractivity contribution is 0.591. The van der Waals surface area contributed by atoms with Gasteiger partial charge in [-0.25, -0.2) is 0 Å². The highest BCUT2D eigenvalue weighted by atomic mass is 32.2. The van der Waals surface area contributed by atoms with Crippen LogP contribution in [0, 0.1) is 0 Å². The lowest BCUT2D eigenvalue weighted by Gasteiger charge is -2.11. The number of hydrogen-bond donors (Lipinski definition) is 2. The Kier molecular flexibility index (Phi) is 5.31. The van der Waals surface area contributed by atoms with Crippen molar-refractivity contribution in [2.45, 2.75) is 11.4 Å². The minimum Gasteiger partial charge on any atom is -0.379 e. The van der Waals surface area contributed by atoms with Crippen LogP contribution in [-0.4, -0.2) is 18.3 Å². The van der Waals surface area contributed by atoms with E-state index in [1.54, 1.807) is 30.3 Å². The summed E-state index contributed by atoms with van der Waals surface area (Å²) in [6.45, 7) is 0.462. The largest absolute Gasteiger partial charge is 0.379 e. The van der Waals surface area contributed by atoms with E-state index < -0.39 is 10.0 Å². The Morgan fingerprint density at radius 3 is 2.03 bits per heavy atom. The summed E-state index contributed by atoms with van der Waals surface area (Å²) >= 11 is 0. The van der Waals surface area contributed by atoms with Gasteiger partial charge < -0.3 is 5.32 Å². The highest BCUT2D eigenvalue weighted by Crippen LogP contribution is 2.21. The molecule has 0 amide bonds. The summed E-state index contributed by atoms with van der Waals surface area (Å²) in [6.07, 6.45) is 0. The molecule has 1 heterocycles. The van der Waals surface area contributed by atoms with Gasteiger partial charge in [0.2, 0.25) is 0 Å². The fraction of sp³-hybridized carbons (Fsp3) is 0.0455. The Labute approximate surface area is 169 Å². The van der Waals surface area contributed by atoms with Crippen molar-refractivity contribution in [3.63, 3.8) is 0 Å². The number of sulfonamides is 1. The Morgan fingerprint density at radius 1 is 0.793 bits per heavy atom. The second-order valence-corrected chi connectivity index (χ2v) is 8.09. The molecule has 7 heteroatoms. The van der Waals surface area contributed by atoms with E-state index in [0.29, 0.717) is 17.9 Å². The Balaban J connectivity index is 1.65. The maximum absolute atomic E-state index is 12.8. The molecule has 2 N–H and O–H groups in total. The van der Waals surface area contributed by atoms with Gasteiger partial charge in [0.25, 0.3) is 10.0 Å². The molecular formula is C22H20N4O2S. The molecule has 4 rings (SSSR count). The van der Waals surface area contributed by atoms with Gasteiger partial charge in [-0.05, 0) is 30.3 Å². The molecule has 6 nitrogen and oxygen atoms in total. The number of rotatable bonds is 7. The Hall–Kier alpha value is -3.58. The first-order valence-corrected chi connectivity index (χ1v) is 10.6. The molecule has 0 spiro atoms. The minimum absolute atomic E-state index is 0.179. The van der Waals surface area contributed by atoms with Crippen molar-refractivity contribution in [3.8, 4) is 11.3 Å². The quantitative estimate of drug-likeness (QED) is 0.486. The van der Waals surface area contributed by atoms with Crippen LogP contribution in [0.2, 0.25) is 0 Å². The molecular weight excluding hydrogens is 384 g/mol. The van der Waals surface area contributed by atoms with Crippen molar-refractivity contribution in [2.24, 2.45) is 0 Å². The van der Waals surface area contributed by atoms with Crippen LogP contribution in [0.15, 0.2) is 102 Å². The summed E-state index contributed by atoms with van der Waals surface area (Å²) in [5, 5.41) is 7.77. The summed E-state index contributed by atoms with van der Waals surface area (Å²) in [4.78, 5) is 4.07. The van der Waals surface area contributed by atoms with E-state index in [0.717, 1.165) is 11.3 Å². The van der Waals surface area contributed by atoms with Crippen LogP contribution in [0.3, 0.4) is 0 Å². The fourth-order valence-electron chi connectivity index (χ4n) is 2.92. The van der Waals surface area contributed by atoms with Gasteiger partial charge in [0.1, 0.15) is 0 Å². The van der Waals surface area contributed by atoms with Gasteiger partial charge in [-0.1, -0.05) is 66.7 Å². The third kappa shape index (κ3) is 4.47. The first-order chi connectivity index (χ1) is 14.1. The fourth-order valence-corrected chi connectivity index (χ4v) is 3.90. The normalized spacial score (nSPS) is 11.2. The monoisotopic (exact) mass is 404 g/mol. The zero-order valence-electron chi connectivity index (χ0n) is 15.6. The van der Waals surface area contributed by atoms with E-state index in [1.165, 1.54) is 4.79 Å². The number of aromatic nitrogens is 2. The van der Waals surface area contributed by atoms with E-state index in [-0.39, 0.29) is 4.90 Å². The van der Waals surface area contributed by atoms with E-state index in [1.807, 2.05) is 66.7 Å². The second-order valence-electron chi connectivity index (χ2n) is 6.43. The van der Waals surface area contributed by atoms with Gasteiger partial charge in [-0.3, -0.25) is 0 Å². The predicted octanol–water partition coefficient (Wildman–Crippen LogP) is 4.09. The molecule has 3 aromatic carbocycles. The third-order valence-electron chi connectivity index (χ3n) is 4.34. The van der Waals surface area contributed by atoms with Crippen LogP contribution in [0.1, 0.15) is 5.69 Å². The van der Waals surface area contributed by atoms with Crippen LogP contribution in [0.4, 0.5) is 5.69 Å². The number of anilines is 1. The molecule has 4 aromatic rings. The molecule has 29 heavy (non-hydrogen) atoms. The summed E-state index contributed by atoms with van der Waals surface area (Å²) in [6, 6.07) is 29.4. The molecule has 0 fully saturated rings. The maximum Gasteiger partial charge on any atom is 0.276 e. The van der Waals surface area contributed by atoms with Crippen molar-refractivity contribution in [1.82, 2.24) is 9.89 Å². The molecule has 0 aliphatic heterocycles. The molecule has 0 saturated heterocycles. The number of hydrogen-bond acceptors (Lipinski definition) is 4. The van der Waals surface area contributed by atoms with Crippen molar-refractivity contribution in [1.29, 1.82) is 0 Å². The smallest absolute Gasteiger partial charge is 0.276 e. The minimum atomic E-state index is -3.77. The lowest BCUT2D eigenvalue weighted by atomic mass is 10.1. The van der Waals surface area contributed by atoms with Crippen molar-refractivity contribution < 1.29 is 8.42 Å². The summed E-state index contributed by atoms with van der Waals surface area (Å²) < 4.78 is 25.6. The molecule has 0 aliphatic carbocycles. The van der Waals surface area contributed by atoms with Gasteiger partial charge >= 0.3 is 0 Å². The molecule has 0 atom stereocenters. The number of benzene rings is 3. The van der Waals surface area contributed by atoms with Crippen molar-refractivity contribution in [2.75, 3.05) is 10.1 Å². The van der Waals surface area contributed by atoms with Gasteiger partial charge in [-0.2, -0.15) is 23.1 Å². The molecule has 146 valence electrons. The van der Waals surface area contributed by atoms with E-state index in [4.69, 9.17) is 0 Å². The van der Waals surface area contributed by atoms with Gasteiger partial charge in [-0.15, -0.1) is 0 Å². The van der Waals surface area contributed by atoms with E-state index in [9.17, 15) is 8.42 Å². The SMILES string of the molecule is O=S(=O)(Nn1nc(CNc2ccccc2)cc1-c1ccccc1)c1ccccc1. The Morgan fingerprint density at radius 2 is 1.38 bits per heavy atom. The molecule has 0 saturated carbocycles. The van der Waals surface area contributed by atoms with Crippen LogP contribution < -0.4 is 10.1 Å². The molecule has 0 aliphatic rings. The zero-order valence-corrected chi connectivity index (χ0v) is 16.4. The first-order valence-electron chi connectivity index (χ1n) is 9.13. The average molecular weight is 404 g/mol. The topological polar surface area (TPSA) is 76.0 Å². The van der Waals surface area contributed by atoms with Gasteiger partial charge in [0.15, 0.2) is 0 Å². The van der Waals surface area contributed by atoms with Crippen LogP contribution >= 0.6 is 0 Å². The summed E-state index contributed by atoms with van der Waals surface area (Å²) in [7, 11) is -3.77. The Bertz CT molecular complexity index is 1180. The number of para-hydroxylation sites is 1. The molecule has 0 unspecified atom stereocenters. The van der Waals surface area contributed by atoms with Crippen molar-refractivity contribution in [3.05, 3.63) is 103 Å². The van der Waals surface area contributed by atoms with Crippen LogP contribution in [0.5, 0.6) is 0 Å². The van der Waals surface area contributed by atoms with Crippen LogP contribution in [-0.2, 0) is 16.6 Å².